The molecule has 0 aliphatic heterocycles. The largest absolute Gasteiger partial charge is 0.467 e. The second-order valence-electron chi connectivity index (χ2n) is 4.52. The van der Waals surface area contributed by atoms with Crippen molar-refractivity contribution in [2.75, 3.05) is 12.4 Å². The molecule has 1 N–H and O–H groups in total. The number of hydrogen-bond donors (Lipinski definition) is 1. The molecule has 22 heavy (non-hydrogen) atoms. The normalized spacial score (nSPS) is 11.5. The van der Waals surface area contributed by atoms with Crippen molar-refractivity contribution in [3.63, 3.8) is 0 Å². The second kappa shape index (κ2) is 6.66. The molecule has 1 aromatic heterocycles. The Morgan fingerprint density at radius 3 is 2.50 bits per heavy atom. The summed E-state index contributed by atoms with van der Waals surface area (Å²) in [6.07, 6.45) is 0. The van der Waals surface area contributed by atoms with E-state index in [9.17, 15) is 14.4 Å². The highest BCUT2D eigenvalue weighted by molar-refractivity contribution is 6.02. The maximum atomic E-state index is 12.1. The summed E-state index contributed by atoms with van der Waals surface area (Å²) in [5, 5.41) is 6.58. The van der Waals surface area contributed by atoms with Crippen LogP contribution in [0.1, 0.15) is 23.5 Å². The molecule has 114 valence electrons. The standard InChI is InChI=1S/C15H15N3O4/c1-10(15(21)22-2)18-13(19)9-8-12(17-18)14(20)16-11-6-4-3-5-7-11/h3-10H,1-2H3,(H,16,20). The first-order valence-electron chi connectivity index (χ1n) is 6.57. The van der Waals surface area contributed by atoms with Gasteiger partial charge >= 0.3 is 5.97 Å². The Labute approximate surface area is 126 Å². The number of esters is 1. The third kappa shape index (κ3) is 3.38. The fraction of sp³-hybridized carbons (Fsp3) is 0.200. The quantitative estimate of drug-likeness (QED) is 0.858. The van der Waals surface area contributed by atoms with E-state index in [4.69, 9.17) is 0 Å². The van der Waals surface area contributed by atoms with Crippen molar-refractivity contribution < 1.29 is 14.3 Å². The number of rotatable bonds is 4. The number of nitrogens with zero attached hydrogens (tertiary/aromatic N) is 2. The van der Waals surface area contributed by atoms with Gasteiger partial charge in [-0.05, 0) is 25.1 Å². The third-order valence-electron chi connectivity index (χ3n) is 3.00. The molecule has 1 aromatic carbocycles. The van der Waals surface area contributed by atoms with E-state index in [1.807, 2.05) is 6.07 Å². The molecular weight excluding hydrogens is 286 g/mol. The van der Waals surface area contributed by atoms with Gasteiger partial charge in [-0.3, -0.25) is 9.59 Å². The van der Waals surface area contributed by atoms with Gasteiger partial charge in [-0.2, -0.15) is 5.10 Å². The number of carbonyl (C=O) groups excluding carboxylic acids is 2. The number of carbonyl (C=O) groups is 2. The highest BCUT2D eigenvalue weighted by Crippen LogP contribution is 2.08. The summed E-state index contributed by atoms with van der Waals surface area (Å²) in [7, 11) is 1.22. The van der Waals surface area contributed by atoms with Crippen LogP contribution in [0.2, 0.25) is 0 Å². The maximum absolute atomic E-state index is 12.1. The average Bonchev–Trinajstić information content (AvgIpc) is 2.54. The monoisotopic (exact) mass is 301 g/mol. The molecule has 1 atom stereocenters. The second-order valence-corrected chi connectivity index (χ2v) is 4.52. The van der Waals surface area contributed by atoms with Gasteiger partial charge in [0, 0.05) is 11.8 Å². The number of benzene rings is 1. The summed E-state index contributed by atoms with van der Waals surface area (Å²) in [5.74, 6) is -1.09. The SMILES string of the molecule is COC(=O)C(C)n1nc(C(=O)Nc2ccccc2)ccc1=O. The number of anilines is 1. The first-order chi connectivity index (χ1) is 10.5. The van der Waals surface area contributed by atoms with Crippen LogP contribution in [0.5, 0.6) is 0 Å². The predicted molar refractivity (Wildman–Crippen MR) is 79.6 cm³/mol. The molecule has 0 fully saturated rings. The highest BCUT2D eigenvalue weighted by Gasteiger charge is 2.19. The molecule has 0 radical (unpaired) electrons. The zero-order valence-corrected chi connectivity index (χ0v) is 12.1. The van der Waals surface area contributed by atoms with Crippen molar-refractivity contribution in [2.24, 2.45) is 0 Å². The van der Waals surface area contributed by atoms with Crippen LogP contribution in [-0.4, -0.2) is 28.8 Å². The Hall–Kier alpha value is -2.96. The van der Waals surface area contributed by atoms with Gasteiger partial charge in [0.25, 0.3) is 11.5 Å². The lowest BCUT2D eigenvalue weighted by Gasteiger charge is -2.12. The van der Waals surface area contributed by atoms with Crippen LogP contribution in [0.15, 0.2) is 47.3 Å². The molecule has 0 bridgehead atoms. The van der Waals surface area contributed by atoms with Gasteiger partial charge in [-0.25, -0.2) is 9.48 Å². The van der Waals surface area contributed by atoms with Crippen LogP contribution in [0.3, 0.4) is 0 Å². The Kier molecular flexibility index (Phi) is 4.67. The average molecular weight is 301 g/mol. The lowest BCUT2D eigenvalue weighted by Crippen LogP contribution is -2.32. The van der Waals surface area contributed by atoms with Gasteiger partial charge in [0.1, 0.15) is 5.69 Å². The third-order valence-corrected chi connectivity index (χ3v) is 3.00. The van der Waals surface area contributed by atoms with E-state index < -0.39 is 23.5 Å². The Morgan fingerprint density at radius 2 is 1.86 bits per heavy atom. The number of nitrogens with one attached hydrogen (secondary N) is 1. The number of ether oxygens (including phenoxy) is 1. The Morgan fingerprint density at radius 1 is 1.18 bits per heavy atom. The first-order valence-corrected chi connectivity index (χ1v) is 6.57. The molecule has 7 nitrogen and oxygen atoms in total. The molecule has 0 spiro atoms. The number of hydrogen-bond acceptors (Lipinski definition) is 5. The minimum absolute atomic E-state index is 0.0270. The molecule has 1 unspecified atom stereocenters. The summed E-state index contributed by atoms with van der Waals surface area (Å²) >= 11 is 0. The highest BCUT2D eigenvalue weighted by atomic mass is 16.5. The minimum atomic E-state index is -0.915. The molecule has 1 heterocycles. The number of aromatic nitrogens is 2. The number of methoxy groups -OCH3 is 1. The molecular formula is C15H15N3O4. The summed E-state index contributed by atoms with van der Waals surface area (Å²) in [5.41, 5.74) is 0.140. The summed E-state index contributed by atoms with van der Waals surface area (Å²) in [6, 6.07) is 10.4. The summed E-state index contributed by atoms with van der Waals surface area (Å²) < 4.78 is 5.50. The van der Waals surface area contributed by atoms with Gasteiger partial charge < -0.3 is 10.1 Å². The summed E-state index contributed by atoms with van der Waals surface area (Å²) in [4.78, 5) is 35.4. The Bertz CT molecular complexity index is 740. The van der Waals surface area contributed by atoms with E-state index in [-0.39, 0.29) is 5.69 Å². The molecule has 1 amide bonds. The van der Waals surface area contributed by atoms with E-state index >= 15 is 0 Å². The zero-order valence-electron chi connectivity index (χ0n) is 12.1. The van der Waals surface area contributed by atoms with Crippen LogP contribution in [0, 0.1) is 0 Å². The van der Waals surface area contributed by atoms with Crippen LogP contribution in [0.4, 0.5) is 5.69 Å². The van der Waals surface area contributed by atoms with E-state index in [1.165, 1.54) is 26.2 Å². The molecule has 0 saturated heterocycles. The molecule has 0 aliphatic rings. The van der Waals surface area contributed by atoms with Crippen molar-refractivity contribution in [3.05, 3.63) is 58.5 Å². The van der Waals surface area contributed by atoms with Crippen molar-refractivity contribution >= 4 is 17.6 Å². The smallest absolute Gasteiger partial charge is 0.330 e. The lowest BCUT2D eigenvalue weighted by molar-refractivity contribution is -0.144. The zero-order chi connectivity index (χ0) is 16.1. The van der Waals surface area contributed by atoms with Gasteiger partial charge in [-0.1, -0.05) is 18.2 Å². The fourth-order valence-corrected chi connectivity index (χ4v) is 1.81. The van der Waals surface area contributed by atoms with Crippen LogP contribution >= 0.6 is 0 Å². The summed E-state index contributed by atoms with van der Waals surface area (Å²) in [6.45, 7) is 1.47. The van der Waals surface area contributed by atoms with Gasteiger partial charge in [0.05, 0.1) is 7.11 Å². The van der Waals surface area contributed by atoms with Crippen molar-refractivity contribution in [1.29, 1.82) is 0 Å². The number of amides is 1. The van der Waals surface area contributed by atoms with Crippen LogP contribution < -0.4 is 10.9 Å². The minimum Gasteiger partial charge on any atom is -0.467 e. The van der Waals surface area contributed by atoms with Crippen molar-refractivity contribution in [1.82, 2.24) is 9.78 Å². The fourth-order valence-electron chi connectivity index (χ4n) is 1.81. The first kappa shape index (κ1) is 15.4. The van der Waals surface area contributed by atoms with Gasteiger partial charge in [-0.15, -0.1) is 0 Å². The van der Waals surface area contributed by atoms with Gasteiger partial charge in [0.15, 0.2) is 6.04 Å². The maximum Gasteiger partial charge on any atom is 0.330 e. The van der Waals surface area contributed by atoms with Crippen molar-refractivity contribution in [2.45, 2.75) is 13.0 Å². The van der Waals surface area contributed by atoms with E-state index in [0.29, 0.717) is 5.69 Å². The van der Waals surface area contributed by atoms with Gasteiger partial charge in [0.2, 0.25) is 0 Å². The molecule has 0 aliphatic carbocycles. The topological polar surface area (TPSA) is 90.3 Å². The molecule has 2 aromatic rings. The molecule has 0 saturated carbocycles. The van der Waals surface area contributed by atoms with Crippen molar-refractivity contribution in [3.8, 4) is 0 Å². The van der Waals surface area contributed by atoms with Crippen LogP contribution in [0.25, 0.3) is 0 Å². The number of para-hydroxylation sites is 1. The van der Waals surface area contributed by atoms with E-state index in [0.717, 1.165) is 4.68 Å². The molecule has 7 heteroatoms. The lowest BCUT2D eigenvalue weighted by atomic mass is 10.3. The molecule has 2 rings (SSSR count). The van der Waals surface area contributed by atoms with Crippen LogP contribution in [-0.2, 0) is 9.53 Å². The Balaban J connectivity index is 2.27. The van der Waals surface area contributed by atoms with E-state index in [2.05, 4.69) is 15.2 Å². The van der Waals surface area contributed by atoms with E-state index in [1.54, 1.807) is 24.3 Å². The predicted octanol–water partition coefficient (Wildman–Crippen LogP) is 1.23.